The zero-order valence-electron chi connectivity index (χ0n) is 21.8. The van der Waals surface area contributed by atoms with Crippen LogP contribution in [0.2, 0.25) is 0 Å². The molecule has 0 aromatic heterocycles. The second kappa shape index (κ2) is 12.3. The SMILES string of the molecule is C=C(C)C(=O)OCC(COC(=C)C(C)(C)C)Cc1ccc(-c2ccc(OC(=O)C(=C)C)c(F)c2)cc1. The quantitative estimate of drug-likeness (QED) is 0.148. The zero-order chi connectivity index (χ0) is 27.0. The number of allylic oxidation sites excluding steroid dienone is 1. The molecule has 0 aliphatic heterocycles. The topological polar surface area (TPSA) is 61.8 Å². The highest BCUT2D eigenvalue weighted by atomic mass is 19.1. The molecule has 2 aromatic rings. The molecule has 192 valence electrons. The fourth-order valence-corrected chi connectivity index (χ4v) is 3.03. The largest absolute Gasteiger partial charge is 0.498 e. The molecule has 5 nitrogen and oxygen atoms in total. The van der Waals surface area contributed by atoms with Crippen molar-refractivity contribution in [1.29, 1.82) is 0 Å². The van der Waals surface area contributed by atoms with E-state index in [0.29, 0.717) is 29.9 Å². The highest BCUT2D eigenvalue weighted by Gasteiger charge is 2.20. The number of hydrogen-bond donors (Lipinski definition) is 0. The normalized spacial score (nSPS) is 11.8. The Morgan fingerprint density at radius 2 is 1.42 bits per heavy atom. The molecule has 0 aliphatic rings. The van der Waals surface area contributed by atoms with E-state index in [-0.39, 0.29) is 29.3 Å². The Labute approximate surface area is 213 Å². The number of hydrogen-bond acceptors (Lipinski definition) is 5. The Morgan fingerprint density at radius 1 is 0.861 bits per heavy atom. The van der Waals surface area contributed by atoms with Crippen molar-refractivity contribution in [2.75, 3.05) is 13.2 Å². The van der Waals surface area contributed by atoms with Gasteiger partial charge in [-0.1, -0.05) is 70.8 Å². The third kappa shape index (κ3) is 8.52. The minimum Gasteiger partial charge on any atom is -0.498 e. The van der Waals surface area contributed by atoms with Crippen LogP contribution in [0.3, 0.4) is 0 Å². The maximum Gasteiger partial charge on any atom is 0.338 e. The van der Waals surface area contributed by atoms with Gasteiger partial charge >= 0.3 is 11.9 Å². The van der Waals surface area contributed by atoms with Crippen LogP contribution in [0.4, 0.5) is 4.39 Å². The van der Waals surface area contributed by atoms with Crippen LogP contribution in [-0.2, 0) is 25.5 Å². The molecule has 2 rings (SSSR count). The van der Waals surface area contributed by atoms with Crippen molar-refractivity contribution < 1.29 is 28.2 Å². The first-order valence-corrected chi connectivity index (χ1v) is 11.7. The molecule has 2 aromatic carbocycles. The van der Waals surface area contributed by atoms with Crippen LogP contribution in [0.1, 0.15) is 40.2 Å². The van der Waals surface area contributed by atoms with E-state index >= 15 is 0 Å². The molecule has 0 heterocycles. The van der Waals surface area contributed by atoms with Gasteiger partial charge in [0.05, 0.1) is 19.0 Å². The van der Waals surface area contributed by atoms with E-state index in [0.717, 1.165) is 11.1 Å². The summed E-state index contributed by atoms with van der Waals surface area (Å²) in [5.74, 6) is -1.34. The van der Waals surface area contributed by atoms with Gasteiger partial charge in [0.25, 0.3) is 0 Å². The van der Waals surface area contributed by atoms with Crippen LogP contribution in [0.25, 0.3) is 11.1 Å². The Balaban J connectivity index is 2.13. The van der Waals surface area contributed by atoms with Gasteiger partial charge in [0.15, 0.2) is 11.6 Å². The molecule has 0 bridgehead atoms. The van der Waals surface area contributed by atoms with Gasteiger partial charge in [0.2, 0.25) is 0 Å². The van der Waals surface area contributed by atoms with Crippen molar-refractivity contribution >= 4 is 11.9 Å². The summed E-state index contributed by atoms with van der Waals surface area (Å²) in [7, 11) is 0. The first-order valence-electron chi connectivity index (χ1n) is 11.7. The summed E-state index contributed by atoms with van der Waals surface area (Å²) in [4.78, 5) is 23.6. The van der Waals surface area contributed by atoms with Crippen molar-refractivity contribution in [2.45, 2.75) is 41.0 Å². The van der Waals surface area contributed by atoms with Crippen molar-refractivity contribution in [2.24, 2.45) is 11.3 Å². The second-order valence-electron chi connectivity index (χ2n) is 9.95. The average Bonchev–Trinajstić information content (AvgIpc) is 2.81. The van der Waals surface area contributed by atoms with Crippen molar-refractivity contribution in [3.8, 4) is 16.9 Å². The maximum atomic E-state index is 14.5. The molecule has 36 heavy (non-hydrogen) atoms. The smallest absolute Gasteiger partial charge is 0.338 e. The predicted octanol–water partition coefficient (Wildman–Crippen LogP) is 6.83. The highest BCUT2D eigenvalue weighted by molar-refractivity contribution is 5.89. The average molecular weight is 495 g/mol. The van der Waals surface area contributed by atoms with Gasteiger partial charge in [-0.25, -0.2) is 14.0 Å². The van der Waals surface area contributed by atoms with Crippen LogP contribution in [0.5, 0.6) is 5.75 Å². The lowest BCUT2D eigenvalue weighted by Gasteiger charge is -2.25. The molecular weight excluding hydrogens is 459 g/mol. The van der Waals surface area contributed by atoms with Gasteiger partial charge in [-0.2, -0.15) is 0 Å². The van der Waals surface area contributed by atoms with Gasteiger partial charge in [-0.15, -0.1) is 0 Å². The Bertz CT molecular complexity index is 1140. The number of halogens is 1. The number of carbonyl (C=O) groups excluding carboxylic acids is 2. The summed E-state index contributed by atoms with van der Waals surface area (Å²) < 4.78 is 30.8. The van der Waals surface area contributed by atoms with Crippen LogP contribution < -0.4 is 4.74 Å². The van der Waals surface area contributed by atoms with E-state index in [9.17, 15) is 14.0 Å². The summed E-state index contributed by atoms with van der Waals surface area (Å²) in [6.07, 6.45) is 0.603. The first-order chi connectivity index (χ1) is 16.8. The molecule has 1 unspecified atom stereocenters. The molecule has 0 fully saturated rings. The molecule has 6 heteroatoms. The number of esters is 2. The van der Waals surface area contributed by atoms with E-state index in [2.05, 4.69) is 19.7 Å². The Morgan fingerprint density at radius 3 is 1.94 bits per heavy atom. The number of ether oxygens (including phenoxy) is 3. The molecular formula is C30H35FO5. The van der Waals surface area contributed by atoms with Gasteiger partial charge in [0.1, 0.15) is 0 Å². The number of carbonyl (C=O) groups is 2. The van der Waals surface area contributed by atoms with Crippen molar-refractivity contribution in [1.82, 2.24) is 0 Å². The summed E-state index contributed by atoms with van der Waals surface area (Å²) >= 11 is 0. The third-order valence-corrected chi connectivity index (χ3v) is 5.42. The van der Waals surface area contributed by atoms with E-state index < -0.39 is 17.8 Å². The first kappa shape index (κ1) is 28.6. The van der Waals surface area contributed by atoms with Crippen LogP contribution in [-0.4, -0.2) is 25.2 Å². The molecule has 0 spiro atoms. The van der Waals surface area contributed by atoms with E-state index in [1.54, 1.807) is 13.0 Å². The molecule has 0 N–H and O–H groups in total. The van der Waals surface area contributed by atoms with E-state index in [4.69, 9.17) is 14.2 Å². The van der Waals surface area contributed by atoms with Crippen molar-refractivity contribution in [3.63, 3.8) is 0 Å². The molecule has 0 aliphatic carbocycles. The van der Waals surface area contributed by atoms with E-state index in [1.165, 1.54) is 19.1 Å². The lowest BCUT2D eigenvalue weighted by Crippen LogP contribution is -2.23. The number of benzene rings is 2. The minimum absolute atomic E-state index is 0.0991. The molecule has 0 saturated heterocycles. The fourth-order valence-electron chi connectivity index (χ4n) is 3.03. The van der Waals surface area contributed by atoms with Gasteiger partial charge < -0.3 is 14.2 Å². The van der Waals surface area contributed by atoms with Crippen LogP contribution in [0, 0.1) is 17.2 Å². The molecule has 0 radical (unpaired) electrons. The lowest BCUT2D eigenvalue weighted by molar-refractivity contribution is -0.140. The summed E-state index contributed by atoms with van der Waals surface area (Å²) in [5.41, 5.74) is 2.78. The standard InChI is InChI=1S/C30H35FO5/c1-19(2)28(32)35-18-23(17-34-21(5)30(6,7)8)15-22-9-11-24(12-10-22)25-13-14-27(26(31)16-25)36-29(33)20(3)4/h9-14,16,23H,1,3,5,15,17-18H2,2,4,6-8H3. The zero-order valence-corrected chi connectivity index (χ0v) is 21.8. The van der Waals surface area contributed by atoms with Gasteiger partial charge in [-0.3, -0.25) is 0 Å². The lowest BCUT2D eigenvalue weighted by atomic mass is 9.94. The maximum absolute atomic E-state index is 14.5. The predicted molar refractivity (Wildman–Crippen MR) is 140 cm³/mol. The number of rotatable bonds is 11. The molecule has 0 saturated carbocycles. The second-order valence-corrected chi connectivity index (χ2v) is 9.95. The van der Waals surface area contributed by atoms with Gasteiger partial charge in [-0.05, 0) is 49.1 Å². The van der Waals surface area contributed by atoms with Crippen LogP contribution >= 0.6 is 0 Å². The summed E-state index contributed by atoms with van der Waals surface area (Å²) in [5, 5.41) is 0. The summed E-state index contributed by atoms with van der Waals surface area (Å²) in [6, 6.07) is 12.1. The third-order valence-electron chi connectivity index (χ3n) is 5.42. The fraction of sp³-hybridized carbons (Fsp3) is 0.333. The monoisotopic (exact) mass is 494 g/mol. The van der Waals surface area contributed by atoms with Crippen molar-refractivity contribution in [3.05, 3.63) is 90.5 Å². The Kier molecular flexibility index (Phi) is 9.79. The highest BCUT2D eigenvalue weighted by Crippen LogP contribution is 2.28. The summed E-state index contributed by atoms with van der Waals surface area (Å²) in [6.45, 7) is 20.8. The minimum atomic E-state index is -0.676. The van der Waals surface area contributed by atoms with Crippen LogP contribution in [0.15, 0.2) is 79.1 Å². The van der Waals surface area contributed by atoms with E-state index in [1.807, 2.05) is 45.0 Å². The Hall–Kier alpha value is -3.67. The molecule has 1 atom stereocenters. The molecule has 0 amide bonds. The van der Waals surface area contributed by atoms with Gasteiger partial charge in [0, 0.05) is 22.5 Å².